The number of rotatable bonds is 4. The number of benzene rings is 1. The summed E-state index contributed by atoms with van der Waals surface area (Å²) in [6, 6.07) is 8.34. The topological polar surface area (TPSA) is 72.0 Å². The molecular formula is C12H13N3O2S. The van der Waals surface area contributed by atoms with E-state index >= 15 is 0 Å². The normalized spacial score (nSPS) is 11.2. The van der Waals surface area contributed by atoms with Gasteiger partial charge < -0.3 is 0 Å². The first kappa shape index (κ1) is 12.5. The summed E-state index contributed by atoms with van der Waals surface area (Å²) in [5, 5.41) is 0. The zero-order valence-corrected chi connectivity index (χ0v) is 10.7. The van der Waals surface area contributed by atoms with Gasteiger partial charge in [0.15, 0.2) is 0 Å². The molecule has 1 aromatic carbocycles. The van der Waals surface area contributed by atoms with Gasteiger partial charge in [-0.05, 0) is 30.2 Å². The van der Waals surface area contributed by atoms with Crippen LogP contribution >= 0.6 is 0 Å². The fraction of sp³-hybridized carbons (Fsp3) is 0.167. The number of hydrogen-bond acceptors (Lipinski definition) is 4. The van der Waals surface area contributed by atoms with Crippen LogP contribution in [0.5, 0.6) is 0 Å². The van der Waals surface area contributed by atoms with Crippen molar-refractivity contribution in [1.82, 2.24) is 9.97 Å². The lowest BCUT2D eigenvalue weighted by molar-refractivity contribution is 0.601. The summed E-state index contributed by atoms with van der Waals surface area (Å²) in [6.07, 6.45) is 3.56. The minimum absolute atomic E-state index is 0.237. The van der Waals surface area contributed by atoms with Crippen LogP contribution in [0.1, 0.15) is 12.5 Å². The Balaban J connectivity index is 2.31. The molecule has 1 aromatic heterocycles. The summed E-state index contributed by atoms with van der Waals surface area (Å²) in [5.74, 6) is 0.256. The van der Waals surface area contributed by atoms with Crippen LogP contribution in [0.3, 0.4) is 0 Å². The van der Waals surface area contributed by atoms with E-state index in [0.717, 1.165) is 12.0 Å². The van der Waals surface area contributed by atoms with Crippen LogP contribution in [-0.4, -0.2) is 18.4 Å². The van der Waals surface area contributed by atoms with E-state index in [2.05, 4.69) is 14.7 Å². The molecule has 0 radical (unpaired) electrons. The zero-order chi connectivity index (χ0) is 13.0. The Morgan fingerprint density at radius 3 is 2.78 bits per heavy atom. The summed E-state index contributed by atoms with van der Waals surface area (Å²) in [6.45, 7) is 1.98. The van der Waals surface area contributed by atoms with E-state index in [1.807, 2.05) is 13.0 Å². The molecular weight excluding hydrogens is 250 g/mol. The van der Waals surface area contributed by atoms with Gasteiger partial charge in [0.2, 0.25) is 0 Å². The van der Waals surface area contributed by atoms with Gasteiger partial charge >= 0.3 is 0 Å². The van der Waals surface area contributed by atoms with Crippen LogP contribution in [0.4, 0.5) is 5.82 Å². The number of anilines is 1. The van der Waals surface area contributed by atoms with Gasteiger partial charge in [0, 0.05) is 6.20 Å². The van der Waals surface area contributed by atoms with Crippen molar-refractivity contribution in [3.8, 4) is 0 Å². The molecule has 5 nitrogen and oxygen atoms in total. The van der Waals surface area contributed by atoms with Crippen LogP contribution < -0.4 is 4.72 Å². The Morgan fingerprint density at radius 2 is 2.11 bits per heavy atom. The summed E-state index contributed by atoms with van der Waals surface area (Å²) >= 11 is 0. The number of aryl methyl sites for hydroxylation is 1. The van der Waals surface area contributed by atoms with Crippen molar-refractivity contribution in [3.05, 3.63) is 48.4 Å². The van der Waals surface area contributed by atoms with Gasteiger partial charge in [-0.25, -0.2) is 18.4 Å². The van der Waals surface area contributed by atoms with E-state index in [1.165, 1.54) is 18.6 Å². The fourth-order valence-corrected chi connectivity index (χ4v) is 2.56. The maximum atomic E-state index is 12.1. The standard InChI is InChI=1S/C12H13N3O2S/c1-2-10-4-3-5-11(8-10)18(16,17)15-12-6-7-13-9-14-12/h3-9H,2H2,1H3,(H,13,14,15). The van der Waals surface area contributed by atoms with E-state index in [0.29, 0.717) is 0 Å². The van der Waals surface area contributed by atoms with Crippen molar-refractivity contribution in [2.24, 2.45) is 0 Å². The summed E-state index contributed by atoms with van der Waals surface area (Å²) < 4.78 is 26.6. The number of nitrogens with one attached hydrogen (secondary N) is 1. The zero-order valence-electron chi connectivity index (χ0n) is 9.87. The van der Waals surface area contributed by atoms with Crippen LogP contribution in [0.2, 0.25) is 0 Å². The highest BCUT2D eigenvalue weighted by atomic mass is 32.2. The highest BCUT2D eigenvalue weighted by Gasteiger charge is 2.14. The van der Waals surface area contributed by atoms with Crippen molar-refractivity contribution >= 4 is 15.8 Å². The summed E-state index contributed by atoms with van der Waals surface area (Å²) in [7, 11) is -3.59. The van der Waals surface area contributed by atoms with Gasteiger partial charge in [-0.3, -0.25) is 4.72 Å². The van der Waals surface area contributed by atoms with Gasteiger partial charge in [-0.2, -0.15) is 0 Å². The molecule has 0 saturated heterocycles. The average Bonchev–Trinajstić information content (AvgIpc) is 2.39. The number of nitrogens with zero attached hydrogens (tertiary/aromatic N) is 2. The molecule has 1 N–H and O–H groups in total. The van der Waals surface area contributed by atoms with E-state index in [9.17, 15) is 8.42 Å². The van der Waals surface area contributed by atoms with Gasteiger partial charge in [0.25, 0.3) is 10.0 Å². The van der Waals surface area contributed by atoms with Crippen LogP contribution in [0, 0.1) is 0 Å². The quantitative estimate of drug-likeness (QED) is 0.913. The van der Waals surface area contributed by atoms with E-state index in [-0.39, 0.29) is 10.7 Å². The molecule has 0 spiro atoms. The second kappa shape index (κ2) is 5.14. The van der Waals surface area contributed by atoms with Crippen LogP contribution in [0.15, 0.2) is 47.8 Å². The number of hydrogen-bond donors (Lipinski definition) is 1. The lowest BCUT2D eigenvalue weighted by Gasteiger charge is -2.07. The average molecular weight is 263 g/mol. The highest BCUT2D eigenvalue weighted by molar-refractivity contribution is 7.92. The summed E-state index contributed by atoms with van der Waals surface area (Å²) in [4.78, 5) is 7.80. The molecule has 2 aromatic rings. The third-order valence-corrected chi connectivity index (χ3v) is 3.79. The molecule has 1 heterocycles. The SMILES string of the molecule is CCc1cccc(S(=O)(=O)Nc2ccncn2)c1. The molecule has 2 rings (SSSR count). The molecule has 0 aliphatic heterocycles. The minimum Gasteiger partial charge on any atom is -0.263 e. The Morgan fingerprint density at radius 1 is 1.28 bits per heavy atom. The molecule has 0 saturated carbocycles. The molecule has 0 bridgehead atoms. The summed E-state index contributed by atoms with van der Waals surface area (Å²) in [5.41, 5.74) is 0.973. The second-order valence-electron chi connectivity index (χ2n) is 3.70. The first-order chi connectivity index (χ1) is 8.62. The number of sulfonamides is 1. The van der Waals surface area contributed by atoms with E-state index in [4.69, 9.17) is 0 Å². The molecule has 0 aliphatic rings. The lowest BCUT2D eigenvalue weighted by atomic mass is 10.2. The minimum atomic E-state index is -3.59. The predicted molar refractivity (Wildman–Crippen MR) is 68.7 cm³/mol. The first-order valence-corrected chi connectivity index (χ1v) is 6.98. The van der Waals surface area contributed by atoms with Crippen molar-refractivity contribution in [1.29, 1.82) is 0 Å². The predicted octanol–water partition coefficient (Wildman–Crippen LogP) is 1.84. The van der Waals surface area contributed by atoms with E-state index < -0.39 is 10.0 Å². The Labute approximate surface area is 106 Å². The van der Waals surface area contributed by atoms with Crippen LogP contribution in [-0.2, 0) is 16.4 Å². The monoisotopic (exact) mass is 263 g/mol. The third kappa shape index (κ3) is 2.84. The Hall–Kier alpha value is -1.95. The fourth-order valence-electron chi connectivity index (χ4n) is 1.48. The third-order valence-electron chi connectivity index (χ3n) is 2.44. The lowest BCUT2D eigenvalue weighted by Crippen LogP contribution is -2.14. The molecule has 6 heteroatoms. The molecule has 18 heavy (non-hydrogen) atoms. The molecule has 0 atom stereocenters. The molecule has 0 aliphatic carbocycles. The van der Waals surface area contributed by atoms with Gasteiger partial charge in [0.05, 0.1) is 4.90 Å². The molecule has 0 fully saturated rings. The Bertz CT molecular complexity index is 627. The van der Waals surface area contributed by atoms with Crippen molar-refractivity contribution < 1.29 is 8.42 Å². The second-order valence-corrected chi connectivity index (χ2v) is 5.38. The first-order valence-electron chi connectivity index (χ1n) is 5.49. The van der Waals surface area contributed by atoms with Crippen molar-refractivity contribution in [3.63, 3.8) is 0 Å². The van der Waals surface area contributed by atoms with Gasteiger partial charge in [-0.1, -0.05) is 19.1 Å². The Kier molecular flexibility index (Phi) is 3.57. The smallest absolute Gasteiger partial charge is 0.263 e. The van der Waals surface area contributed by atoms with Gasteiger partial charge in [-0.15, -0.1) is 0 Å². The highest BCUT2D eigenvalue weighted by Crippen LogP contribution is 2.15. The van der Waals surface area contributed by atoms with Crippen LogP contribution in [0.25, 0.3) is 0 Å². The van der Waals surface area contributed by atoms with Crippen molar-refractivity contribution in [2.45, 2.75) is 18.2 Å². The van der Waals surface area contributed by atoms with Gasteiger partial charge in [0.1, 0.15) is 12.1 Å². The largest absolute Gasteiger partial charge is 0.263 e. The molecule has 0 unspecified atom stereocenters. The maximum Gasteiger partial charge on any atom is 0.263 e. The molecule has 0 amide bonds. The van der Waals surface area contributed by atoms with E-state index in [1.54, 1.807) is 18.2 Å². The molecule has 94 valence electrons. The van der Waals surface area contributed by atoms with Crippen molar-refractivity contribution in [2.75, 3.05) is 4.72 Å². The maximum absolute atomic E-state index is 12.1. The number of aromatic nitrogens is 2.